The number of piperidine rings is 1. The van der Waals surface area contributed by atoms with E-state index in [-0.39, 0.29) is 5.91 Å². The van der Waals surface area contributed by atoms with Crippen LogP contribution in [-0.4, -0.2) is 30.5 Å². The van der Waals surface area contributed by atoms with Crippen LogP contribution in [-0.2, 0) is 0 Å². The first-order valence-corrected chi connectivity index (χ1v) is 10.1. The molecule has 1 amide bonds. The number of carbonyl (C=O) groups is 1. The second-order valence-corrected chi connectivity index (χ2v) is 7.11. The summed E-state index contributed by atoms with van der Waals surface area (Å²) in [6.07, 6.45) is 9.05. The largest absolute Gasteiger partial charge is 0.385 e. The Balaban J connectivity index is 1.56. The quantitative estimate of drug-likeness (QED) is 0.651. The summed E-state index contributed by atoms with van der Waals surface area (Å²) in [5, 5.41) is 6.30. The van der Waals surface area contributed by atoms with E-state index in [0.29, 0.717) is 5.69 Å². The highest BCUT2D eigenvalue weighted by atomic mass is 16.1. The maximum atomic E-state index is 12.5. The summed E-state index contributed by atoms with van der Waals surface area (Å²) in [6, 6.07) is 11.8. The second-order valence-electron chi connectivity index (χ2n) is 7.11. The number of nitrogens with one attached hydrogen (secondary N) is 2. The minimum absolute atomic E-state index is 0.182. The molecule has 1 aromatic heterocycles. The molecule has 1 aliphatic rings. The Kier molecular flexibility index (Phi) is 7.08. The fourth-order valence-corrected chi connectivity index (χ4v) is 3.38. The molecule has 2 heterocycles. The lowest BCUT2D eigenvalue weighted by molar-refractivity contribution is 0.102. The minimum Gasteiger partial charge on any atom is -0.385 e. The lowest BCUT2D eigenvalue weighted by Gasteiger charge is -2.28. The van der Waals surface area contributed by atoms with Gasteiger partial charge in [0.15, 0.2) is 0 Å². The fraction of sp³-hybridized carbons (Fsp3) is 0.455. The summed E-state index contributed by atoms with van der Waals surface area (Å²) in [6.45, 7) is 5.34. The van der Waals surface area contributed by atoms with Gasteiger partial charge in [0.2, 0.25) is 0 Å². The molecule has 1 aromatic carbocycles. The van der Waals surface area contributed by atoms with Crippen molar-refractivity contribution in [2.24, 2.45) is 0 Å². The average Bonchev–Trinajstić information content (AvgIpc) is 2.73. The topological polar surface area (TPSA) is 57.3 Å². The number of unbranched alkanes of at least 4 members (excludes halogenated alkanes) is 2. The van der Waals surface area contributed by atoms with Crippen LogP contribution in [0, 0.1) is 0 Å². The fourth-order valence-electron chi connectivity index (χ4n) is 3.38. The summed E-state index contributed by atoms with van der Waals surface area (Å²) in [5.41, 5.74) is 3.38. The first-order valence-electron chi connectivity index (χ1n) is 10.1. The zero-order valence-corrected chi connectivity index (χ0v) is 16.2. The van der Waals surface area contributed by atoms with E-state index in [1.165, 1.54) is 37.8 Å². The molecule has 0 bridgehead atoms. The standard InChI is InChI=1S/C22H30N4O/c1-2-3-5-13-23-19-12-14-24-21(17-19)22(27)25-18-8-10-20(11-9-18)26-15-6-4-7-16-26/h8-12,14,17H,2-7,13,15-16H2,1H3,(H,23,24)(H,25,27). The zero-order chi connectivity index (χ0) is 18.9. The normalized spacial score (nSPS) is 14.0. The lowest BCUT2D eigenvalue weighted by atomic mass is 10.1. The number of nitrogens with zero attached hydrogens (tertiary/aromatic N) is 2. The smallest absolute Gasteiger partial charge is 0.274 e. The monoisotopic (exact) mass is 366 g/mol. The predicted octanol–water partition coefficient (Wildman–Crippen LogP) is 4.93. The van der Waals surface area contributed by atoms with E-state index in [2.05, 4.69) is 39.6 Å². The number of aromatic nitrogens is 1. The highest BCUT2D eigenvalue weighted by Gasteiger charge is 2.12. The van der Waals surface area contributed by atoms with Gasteiger partial charge in [-0.25, -0.2) is 0 Å². The summed E-state index contributed by atoms with van der Waals surface area (Å²) in [4.78, 5) is 19.1. The Morgan fingerprint density at radius 3 is 2.56 bits per heavy atom. The molecule has 0 atom stereocenters. The molecule has 2 N–H and O–H groups in total. The molecule has 3 rings (SSSR count). The molecule has 5 nitrogen and oxygen atoms in total. The van der Waals surface area contributed by atoms with Crippen LogP contribution in [0.25, 0.3) is 0 Å². The van der Waals surface area contributed by atoms with Crippen LogP contribution in [0.1, 0.15) is 55.9 Å². The maximum absolute atomic E-state index is 12.5. The van der Waals surface area contributed by atoms with Crippen molar-refractivity contribution in [3.63, 3.8) is 0 Å². The molecular formula is C22H30N4O. The molecule has 1 saturated heterocycles. The van der Waals surface area contributed by atoms with Gasteiger partial charge >= 0.3 is 0 Å². The molecule has 0 unspecified atom stereocenters. The third kappa shape index (κ3) is 5.71. The van der Waals surface area contributed by atoms with Crippen molar-refractivity contribution in [3.05, 3.63) is 48.3 Å². The van der Waals surface area contributed by atoms with Crippen LogP contribution in [0.15, 0.2) is 42.6 Å². The number of pyridine rings is 1. The molecular weight excluding hydrogens is 336 g/mol. The van der Waals surface area contributed by atoms with Crippen molar-refractivity contribution in [1.82, 2.24) is 4.98 Å². The van der Waals surface area contributed by atoms with Crippen LogP contribution < -0.4 is 15.5 Å². The number of hydrogen-bond acceptors (Lipinski definition) is 4. The van der Waals surface area contributed by atoms with Gasteiger partial charge in [-0.05, 0) is 62.1 Å². The molecule has 1 aliphatic heterocycles. The summed E-state index contributed by atoms with van der Waals surface area (Å²) in [7, 11) is 0. The van der Waals surface area contributed by atoms with Gasteiger partial charge < -0.3 is 15.5 Å². The molecule has 1 fully saturated rings. The lowest BCUT2D eigenvalue weighted by Crippen LogP contribution is -2.29. The van der Waals surface area contributed by atoms with Crippen molar-refractivity contribution in [3.8, 4) is 0 Å². The Morgan fingerprint density at radius 2 is 1.81 bits per heavy atom. The number of hydrogen-bond donors (Lipinski definition) is 2. The SMILES string of the molecule is CCCCCNc1ccnc(C(=O)Nc2ccc(N3CCCCC3)cc2)c1. The van der Waals surface area contributed by atoms with Gasteiger partial charge in [0.1, 0.15) is 5.69 Å². The maximum Gasteiger partial charge on any atom is 0.274 e. The molecule has 0 aliphatic carbocycles. The average molecular weight is 367 g/mol. The first-order chi connectivity index (χ1) is 13.3. The Bertz CT molecular complexity index is 723. The third-order valence-corrected chi connectivity index (χ3v) is 4.95. The van der Waals surface area contributed by atoms with Crippen LogP contribution >= 0.6 is 0 Å². The van der Waals surface area contributed by atoms with E-state index < -0.39 is 0 Å². The molecule has 27 heavy (non-hydrogen) atoms. The zero-order valence-electron chi connectivity index (χ0n) is 16.2. The van der Waals surface area contributed by atoms with Crippen molar-refractivity contribution >= 4 is 23.0 Å². The number of amides is 1. The molecule has 2 aromatic rings. The Morgan fingerprint density at radius 1 is 1.04 bits per heavy atom. The molecule has 5 heteroatoms. The number of anilines is 3. The van der Waals surface area contributed by atoms with E-state index in [4.69, 9.17) is 0 Å². The van der Waals surface area contributed by atoms with E-state index in [1.807, 2.05) is 24.3 Å². The molecule has 0 spiro atoms. The number of rotatable bonds is 8. The van der Waals surface area contributed by atoms with Gasteiger partial charge in [-0.15, -0.1) is 0 Å². The molecule has 0 saturated carbocycles. The van der Waals surface area contributed by atoms with Crippen molar-refractivity contribution in [1.29, 1.82) is 0 Å². The van der Waals surface area contributed by atoms with Crippen molar-refractivity contribution in [2.45, 2.75) is 45.4 Å². The highest BCUT2D eigenvalue weighted by molar-refractivity contribution is 6.03. The van der Waals surface area contributed by atoms with E-state index >= 15 is 0 Å². The van der Waals surface area contributed by atoms with Crippen molar-refractivity contribution < 1.29 is 4.79 Å². The van der Waals surface area contributed by atoms with Gasteiger partial charge in [-0.1, -0.05) is 19.8 Å². The van der Waals surface area contributed by atoms with E-state index in [9.17, 15) is 4.79 Å². The van der Waals surface area contributed by atoms with Crippen LogP contribution in [0.3, 0.4) is 0 Å². The summed E-state index contributed by atoms with van der Waals surface area (Å²) in [5.74, 6) is -0.182. The van der Waals surface area contributed by atoms with E-state index in [0.717, 1.165) is 37.4 Å². The van der Waals surface area contributed by atoms with Gasteiger partial charge in [-0.3, -0.25) is 9.78 Å². The Hall–Kier alpha value is -2.56. The summed E-state index contributed by atoms with van der Waals surface area (Å²) >= 11 is 0. The van der Waals surface area contributed by atoms with Gasteiger partial charge in [-0.2, -0.15) is 0 Å². The number of carbonyl (C=O) groups excluding carboxylic acids is 1. The second kappa shape index (κ2) is 9.95. The van der Waals surface area contributed by atoms with Gasteiger partial charge in [0.05, 0.1) is 0 Å². The Labute approximate surface area is 162 Å². The van der Waals surface area contributed by atoms with Gasteiger partial charge in [0, 0.05) is 42.9 Å². The predicted molar refractivity (Wildman–Crippen MR) is 113 cm³/mol. The first kappa shape index (κ1) is 19.2. The minimum atomic E-state index is -0.182. The van der Waals surface area contributed by atoms with E-state index in [1.54, 1.807) is 6.20 Å². The summed E-state index contributed by atoms with van der Waals surface area (Å²) < 4.78 is 0. The highest BCUT2D eigenvalue weighted by Crippen LogP contribution is 2.22. The van der Waals surface area contributed by atoms with Gasteiger partial charge in [0.25, 0.3) is 5.91 Å². The van der Waals surface area contributed by atoms with Crippen LogP contribution in [0.5, 0.6) is 0 Å². The molecule has 144 valence electrons. The van der Waals surface area contributed by atoms with Crippen LogP contribution in [0.2, 0.25) is 0 Å². The third-order valence-electron chi connectivity index (χ3n) is 4.95. The van der Waals surface area contributed by atoms with Crippen molar-refractivity contribution in [2.75, 3.05) is 35.2 Å². The molecule has 0 radical (unpaired) electrons. The van der Waals surface area contributed by atoms with Crippen LogP contribution in [0.4, 0.5) is 17.1 Å². The number of benzene rings is 1.